The number of hydrogen-bond donors (Lipinski definition) is 2. The lowest BCUT2D eigenvalue weighted by molar-refractivity contribution is 0.0990. The lowest BCUT2D eigenvalue weighted by Gasteiger charge is -2.21. The van der Waals surface area contributed by atoms with E-state index in [9.17, 15) is 4.79 Å². The first-order chi connectivity index (χ1) is 13.5. The number of hydrogen-bond acceptors (Lipinski definition) is 6. The molecule has 1 fully saturated rings. The first-order valence-electron chi connectivity index (χ1n) is 9.47. The maximum absolute atomic E-state index is 11.5. The van der Waals surface area contributed by atoms with E-state index < -0.39 is 5.91 Å². The second-order valence-corrected chi connectivity index (χ2v) is 7.32. The summed E-state index contributed by atoms with van der Waals surface area (Å²) in [7, 11) is 0. The van der Waals surface area contributed by atoms with E-state index in [-0.39, 0.29) is 5.82 Å². The largest absolute Gasteiger partial charge is 0.363 e. The summed E-state index contributed by atoms with van der Waals surface area (Å²) in [5.74, 6) is 0.297. The SMILES string of the molecule is Cc1nc(C(N)=O)nc(N2CC[C@@H](NCc3ccc4ccncc4c3)C2)c1C. The Bertz CT molecular complexity index is 1030. The number of nitrogens with two attached hydrogens (primary N) is 1. The Morgan fingerprint density at radius 1 is 1.25 bits per heavy atom. The van der Waals surface area contributed by atoms with E-state index in [1.807, 2.05) is 32.3 Å². The van der Waals surface area contributed by atoms with Crippen LogP contribution in [0.4, 0.5) is 5.82 Å². The van der Waals surface area contributed by atoms with Crippen molar-refractivity contribution in [2.75, 3.05) is 18.0 Å². The third-order valence-corrected chi connectivity index (χ3v) is 5.37. The smallest absolute Gasteiger partial charge is 0.286 e. The van der Waals surface area contributed by atoms with Gasteiger partial charge in [-0.25, -0.2) is 9.97 Å². The number of nitrogens with one attached hydrogen (secondary N) is 1. The van der Waals surface area contributed by atoms with Crippen LogP contribution in [0.25, 0.3) is 10.8 Å². The third kappa shape index (κ3) is 3.66. The van der Waals surface area contributed by atoms with Crippen molar-refractivity contribution in [3.05, 3.63) is 59.3 Å². The summed E-state index contributed by atoms with van der Waals surface area (Å²) in [4.78, 5) is 26.5. The minimum Gasteiger partial charge on any atom is -0.363 e. The molecule has 0 spiro atoms. The summed E-state index contributed by atoms with van der Waals surface area (Å²) in [5.41, 5.74) is 8.40. The number of carbonyl (C=O) groups excluding carboxylic acids is 1. The highest BCUT2D eigenvalue weighted by molar-refractivity contribution is 5.89. The van der Waals surface area contributed by atoms with Gasteiger partial charge in [-0.15, -0.1) is 0 Å². The van der Waals surface area contributed by atoms with Gasteiger partial charge in [0.1, 0.15) is 5.82 Å². The van der Waals surface area contributed by atoms with Crippen LogP contribution in [0.15, 0.2) is 36.7 Å². The summed E-state index contributed by atoms with van der Waals surface area (Å²) in [6.45, 7) is 6.39. The van der Waals surface area contributed by atoms with E-state index in [2.05, 4.69) is 43.4 Å². The Balaban J connectivity index is 1.43. The fourth-order valence-electron chi connectivity index (χ4n) is 3.66. The predicted molar refractivity (Wildman–Crippen MR) is 109 cm³/mol. The Labute approximate surface area is 164 Å². The molecule has 1 aliphatic rings. The fraction of sp³-hybridized carbons (Fsp3) is 0.333. The molecule has 0 unspecified atom stereocenters. The van der Waals surface area contributed by atoms with Gasteiger partial charge in [0.15, 0.2) is 0 Å². The summed E-state index contributed by atoms with van der Waals surface area (Å²) in [5, 5.41) is 5.99. The van der Waals surface area contributed by atoms with E-state index in [1.165, 1.54) is 10.9 Å². The summed E-state index contributed by atoms with van der Waals surface area (Å²) in [6.07, 6.45) is 4.73. The van der Waals surface area contributed by atoms with Gasteiger partial charge < -0.3 is 16.0 Å². The molecule has 1 saturated heterocycles. The van der Waals surface area contributed by atoms with Gasteiger partial charge in [0, 0.05) is 54.7 Å². The van der Waals surface area contributed by atoms with Crippen molar-refractivity contribution in [1.82, 2.24) is 20.3 Å². The van der Waals surface area contributed by atoms with Crippen LogP contribution in [-0.4, -0.2) is 40.0 Å². The Morgan fingerprint density at radius 3 is 2.93 bits per heavy atom. The van der Waals surface area contributed by atoms with Crippen molar-refractivity contribution in [3.63, 3.8) is 0 Å². The van der Waals surface area contributed by atoms with Crippen LogP contribution in [0.2, 0.25) is 0 Å². The number of aromatic nitrogens is 3. The molecule has 1 aromatic carbocycles. The number of amides is 1. The van der Waals surface area contributed by atoms with E-state index in [4.69, 9.17) is 5.73 Å². The molecule has 0 radical (unpaired) electrons. The molecule has 1 atom stereocenters. The van der Waals surface area contributed by atoms with Crippen LogP contribution >= 0.6 is 0 Å². The van der Waals surface area contributed by atoms with Crippen molar-refractivity contribution in [2.24, 2.45) is 5.73 Å². The van der Waals surface area contributed by atoms with Crippen LogP contribution in [0.3, 0.4) is 0 Å². The van der Waals surface area contributed by atoms with Gasteiger partial charge in [0.2, 0.25) is 5.82 Å². The second kappa shape index (κ2) is 7.52. The Kier molecular flexibility index (Phi) is 4.92. The van der Waals surface area contributed by atoms with Gasteiger partial charge in [-0.2, -0.15) is 0 Å². The monoisotopic (exact) mass is 376 g/mol. The number of anilines is 1. The third-order valence-electron chi connectivity index (χ3n) is 5.37. The minimum absolute atomic E-state index is 0.0827. The lowest BCUT2D eigenvalue weighted by Crippen LogP contribution is -2.33. The van der Waals surface area contributed by atoms with E-state index in [1.54, 1.807) is 0 Å². The van der Waals surface area contributed by atoms with E-state index in [0.29, 0.717) is 6.04 Å². The number of pyridine rings is 1. The maximum atomic E-state index is 11.5. The molecule has 1 aliphatic heterocycles. The molecule has 7 heteroatoms. The zero-order chi connectivity index (χ0) is 19.7. The highest BCUT2D eigenvalue weighted by atomic mass is 16.1. The molecule has 0 bridgehead atoms. The number of primary amides is 1. The van der Waals surface area contributed by atoms with Gasteiger partial charge in [-0.3, -0.25) is 9.78 Å². The highest BCUT2D eigenvalue weighted by Crippen LogP contribution is 2.24. The van der Waals surface area contributed by atoms with Crippen LogP contribution in [0.1, 0.15) is 33.9 Å². The van der Waals surface area contributed by atoms with Gasteiger partial charge in [0.25, 0.3) is 5.91 Å². The van der Waals surface area contributed by atoms with E-state index in [0.717, 1.165) is 48.5 Å². The van der Waals surface area contributed by atoms with Crippen LogP contribution in [0.5, 0.6) is 0 Å². The van der Waals surface area contributed by atoms with Gasteiger partial charge in [0.05, 0.1) is 0 Å². The Morgan fingerprint density at radius 2 is 2.11 bits per heavy atom. The molecular formula is C21H24N6O. The average Bonchev–Trinajstić information content (AvgIpc) is 3.17. The topological polar surface area (TPSA) is 97.0 Å². The number of rotatable bonds is 5. The second-order valence-electron chi connectivity index (χ2n) is 7.32. The standard InChI is InChI=1S/C21H24N6O/c1-13-14(2)25-20(19(22)28)26-21(13)27-8-6-18(12-27)24-10-15-3-4-16-5-7-23-11-17(16)9-15/h3-5,7,9,11,18,24H,6,8,10,12H2,1-2H3,(H2,22,28)/t18-/m1/s1. The lowest BCUT2D eigenvalue weighted by atomic mass is 10.1. The Hall–Kier alpha value is -3.06. The first-order valence-corrected chi connectivity index (χ1v) is 9.47. The summed E-state index contributed by atoms with van der Waals surface area (Å²) < 4.78 is 0. The van der Waals surface area contributed by atoms with Crippen molar-refractivity contribution in [1.29, 1.82) is 0 Å². The normalized spacial score (nSPS) is 16.6. The van der Waals surface area contributed by atoms with Gasteiger partial charge in [-0.1, -0.05) is 12.1 Å². The number of aryl methyl sites for hydroxylation is 1. The average molecular weight is 376 g/mol. The van der Waals surface area contributed by atoms with Gasteiger partial charge in [-0.05, 0) is 43.4 Å². The molecular weight excluding hydrogens is 352 g/mol. The zero-order valence-corrected chi connectivity index (χ0v) is 16.1. The van der Waals surface area contributed by atoms with Crippen molar-refractivity contribution in [3.8, 4) is 0 Å². The van der Waals surface area contributed by atoms with Crippen LogP contribution < -0.4 is 16.0 Å². The van der Waals surface area contributed by atoms with Crippen LogP contribution in [-0.2, 0) is 6.54 Å². The van der Waals surface area contributed by atoms with Gasteiger partial charge >= 0.3 is 0 Å². The molecule has 0 aliphatic carbocycles. The summed E-state index contributed by atoms with van der Waals surface area (Å²) >= 11 is 0. The number of nitrogens with zero attached hydrogens (tertiary/aromatic N) is 4. The summed E-state index contributed by atoms with van der Waals surface area (Å²) in [6, 6.07) is 8.84. The number of benzene rings is 1. The van der Waals surface area contributed by atoms with Crippen molar-refractivity contribution < 1.29 is 4.79 Å². The van der Waals surface area contributed by atoms with Crippen molar-refractivity contribution >= 4 is 22.5 Å². The molecule has 0 saturated carbocycles. The van der Waals surface area contributed by atoms with Crippen molar-refractivity contribution in [2.45, 2.75) is 32.9 Å². The maximum Gasteiger partial charge on any atom is 0.286 e. The highest BCUT2D eigenvalue weighted by Gasteiger charge is 2.26. The fourth-order valence-corrected chi connectivity index (χ4v) is 3.66. The predicted octanol–water partition coefficient (Wildman–Crippen LogP) is 2.11. The molecule has 28 heavy (non-hydrogen) atoms. The zero-order valence-electron chi connectivity index (χ0n) is 16.1. The molecule has 2 aromatic heterocycles. The molecule has 3 heterocycles. The molecule has 3 N–H and O–H groups in total. The molecule has 7 nitrogen and oxygen atoms in total. The minimum atomic E-state index is -0.594. The molecule has 4 rings (SSSR count). The first kappa shape index (κ1) is 18.3. The quantitative estimate of drug-likeness (QED) is 0.708. The molecule has 3 aromatic rings. The molecule has 144 valence electrons. The van der Waals surface area contributed by atoms with E-state index >= 15 is 0 Å². The number of carbonyl (C=O) groups is 1. The number of fused-ring (bicyclic) bond motifs is 1. The van der Waals surface area contributed by atoms with Crippen LogP contribution in [0, 0.1) is 13.8 Å². The molecule has 1 amide bonds.